The zero-order valence-electron chi connectivity index (χ0n) is 12.3. The van der Waals surface area contributed by atoms with Crippen molar-refractivity contribution in [2.45, 2.75) is 12.6 Å². The van der Waals surface area contributed by atoms with E-state index in [1.165, 1.54) is 0 Å². The van der Waals surface area contributed by atoms with Crippen molar-refractivity contribution < 1.29 is 14.2 Å². The minimum absolute atomic E-state index is 0.149. The minimum Gasteiger partial charge on any atom is -0.494 e. The number of tetrazole rings is 1. The minimum atomic E-state index is -0.149. The van der Waals surface area contributed by atoms with E-state index < -0.39 is 0 Å². The van der Waals surface area contributed by atoms with E-state index in [-0.39, 0.29) is 6.10 Å². The Morgan fingerprint density at radius 1 is 1.29 bits per heavy atom. The van der Waals surface area contributed by atoms with Crippen molar-refractivity contribution in [2.75, 3.05) is 33.7 Å². The van der Waals surface area contributed by atoms with Gasteiger partial charge in [0.2, 0.25) is 0 Å². The van der Waals surface area contributed by atoms with Crippen LogP contribution >= 0.6 is 0 Å². The van der Waals surface area contributed by atoms with E-state index in [2.05, 4.69) is 15.5 Å². The van der Waals surface area contributed by atoms with E-state index in [1.54, 1.807) is 32.1 Å². The van der Waals surface area contributed by atoms with E-state index in [0.717, 1.165) is 5.56 Å². The summed E-state index contributed by atoms with van der Waals surface area (Å²) in [5.41, 5.74) is 7.18. The van der Waals surface area contributed by atoms with Gasteiger partial charge in [-0.25, -0.2) is 4.68 Å². The highest BCUT2D eigenvalue weighted by atomic mass is 16.5. The van der Waals surface area contributed by atoms with Crippen molar-refractivity contribution in [1.29, 1.82) is 0 Å². The highest BCUT2D eigenvalue weighted by Crippen LogP contribution is 2.33. The Morgan fingerprint density at radius 2 is 2.10 bits per heavy atom. The first-order chi connectivity index (χ1) is 10.2. The zero-order valence-corrected chi connectivity index (χ0v) is 12.3. The predicted octanol–water partition coefficient (Wildman–Crippen LogP) is 0.592. The molecule has 2 rings (SSSR count). The largest absolute Gasteiger partial charge is 0.494 e. The summed E-state index contributed by atoms with van der Waals surface area (Å²) in [5, 5.41) is 11.8. The molecule has 2 aromatic rings. The number of methoxy groups -OCH3 is 3. The van der Waals surface area contributed by atoms with Crippen LogP contribution in [0.3, 0.4) is 0 Å². The van der Waals surface area contributed by atoms with Crippen molar-refractivity contribution in [2.24, 2.45) is 0 Å². The Labute approximate surface area is 122 Å². The molecule has 21 heavy (non-hydrogen) atoms. The maximum absolute atomic E-state index is 5.92. The molecule has 0 radical (unpaired) electrons. The van der Waals surface area contributed by atoms with Crippen molar-refractivity contribution in [1.82, 2.24) is 20.2 Å². The fourth-order valence-electron chi connectivity index (χ4n) is 2.05. The van der Waals surface area contributed by atoms with E-state index in [4.69, 9.17) is 19.9 Å². The molecule has 8 heteroatoms. The van der Waals surface area contributed by atoms with Crippen molar-refractivity contribution in [3.05, 3.63) is 18.2 Å². The molecule has 114 valence electrons. The van der Waals surface area contributed by atoms with E-state index in [1.807, 2.05) is 12.1 Å². The normalized spacial score (nSPS) is 12.3. The van der Waals surface area contributed by atoms with Gasteiger partial charge in [0.1, 0.15) is 6.10 Å². The van der Waals surface area contributed by atoms with Gasteiger partial charge in [0.05, 0.1) is 31.5 Å². The molecule has 0 aliphatic heterocycles. The van der Waals surface area contributed by atoms with Crippen molar-refractivity contribution in [3.8, 4) is 17.1 Å². The van der Waals surface area contributed by atoms with Gasteiger partial charge in [-0.3, -0.25) is 0 Å². The number of ether oxygens (including phenoxy) is 3. The van der Waals surface area contributed by atoms with Gasteiger partial charge in [-0.15, -0.1) is 5.10 Å². The van der Waals surface area contributed by atoms with Crippen LogP contribution in [0.1, 0.15) is 0 Å². The number of para-hydroxylation sites is 1. The monoisotopic (exact) mass is 293 g/mol. The van der Waals surface area contributed by atoms with Gasteiger partial charge in [-0.05, 0) is 22.6 Å². The molecule has 1 aromatic carbocycles. The lowest BCUT2D eigenvalue weighted by Gasteiger charge is -2.15. The fourth-order valence-corrected chi connectivity index (χ4v) is 2.05. The van der Waals surface area contributed by atoms with Crippen LogP contribution < -0.4 is 10.5 Å². The van der Waals surface area contributed by atoms with Crippen LogP contribution in [0.2, 0.25) is 0 Å². The standard InChI is InChI=1S/C13H19N5O3/c1-19-8-9(20-2)7-18-13(15-16-17-18)10-5-4-6-11(14)12(10)21-3/h4-6,9H,7-8,14H2,1-3H3. The Kier molecular flexibility index (Phi) is 5.07. The summed E-state index contributed by atoms with van der Waals surface area (Å²) < 4.78 is 17.4. The van der Waals surface area contributed by atoms with Gasteiger partial charge in [0, 0.05) is 14.2 Å². The summed E-state index contributed by atoms with van der Waals surface area (Å²) in [6.45, 7) is 0.911. The van der Waals surface area contributed by atoms with E-state index >= 15 is 0 Å². The third-order valence-electron chi connectivity index (χ3n) is 3.08. The van der Waals surface area contributed by atoms with Gasteiger partial charge in [-0.2, -0.15) is 0 Å². The molecule has 0 amide bonds. The van der Waals surface area contributed by atoms with Crippen LogP contribution in [0.25, 0.3) is 11.4 Å². The number of hydrogen-bond acceptors (Lipinski definition) is 7. The second-order valence-electron chi connectivity index (χ2n) is 4.43. The highest BCUT2D eigenvalue weighted by Gasteiger charge is 2.18. The Morgan fingerprint density at radius 3 is 2.76 bits per heavy atom. The maximum Gasteiger partial charge on any atom is 0.185 e. The Bertz CT molecular complexity index is 587. The number of benzene rings is 1. The van der Waals surface area contributed by atoms with Crippen molar-refractivity contribution in [3.63, 3.8) is 0 Å². The van der Waals surface area contributed by atoms with Crippen LogP contribution in [-0.2, 0) is 16.0 Å². The summed E-state index contributed by atoms with van der Waals surface area (Å²) in [6.07, 6.45) is -0.149. The number of aromatic nitrogens is 4. The quantitative estimate of drug-likeness (QED) is 0.746. The number of rotatable bonds is 7. The van der Waals surface area contributed by atoms with Crippen LogP contribution in [0, 0.1) is 0 Å². The van der Waals surface area contributed by atoms with Gasteiger partial charge < -0.3 is 19.9 Å². The highest BCUT2D eigenvalue weighted by molar-refractivity contribution is 5.73. The zero-order chi connectivity index (χ0) is 15.2. The lowest BCUT2D eigenvalue weighted by molar-refractivity contribution is 0.0163. The summed E-state index contributed by atoms with van der Waals surface area (Å²) >= 11 is 0. The van der Waals surface area contributed by atoms with Gasteiger partial charge >= 0.3 is 0 Å². The third-order valence-corrected chi connectivity index (χ3v) is 3.08. The first-order valence-electron chi connectivity index (χ1n) is 6.42. The van der Waals surface area contributed by atoms with E-state index in [0.29, 0.717) is 30.4 Å². The maximum atomic E-state index is 5.92. The number of anilines is 1. The molecule has 0 saturated carbocycles. The molecule has 2 N–H and O–H groups in total. The summed E-state index contributed by atoms with van der Waals surface area (Å²) in [7, 11) is 4.80. The lowest BCUT2D eigenvalue weighted by atomic mass is 10.1. The number of nitrogen functional groups attached to an aromatic ring is 1. The smallest absolute Gasteiger partial charge is 0.185 e. The van der Waals surface area contributed by atoms with Crippen LogP contribution in [0.4, 0.5) is 5.69 Å². The fraction of sp³-hybridized carbons (Fsp3) is 0.462. The summed E-state index contributed by atoms with van der Waals surface area (Å²) in [5.74, 6) is 1.12. The summed E-state index contributed by atoms with van der Waals surface area (Å²) in [6, 6.07) is 5.45. The molecular formula is C13H19N5O3. The third kappa shape index (κ3) is 3.29. The number of nitrogens with two attached hydrogens (primary N) is 1. The predicted molar refractivity (Wildman–Crippen MR) is 76.9 cm³/mol. The molecule has 1 unspecified atom stereocenters. The van der Waals surface area contributed by atoms with E-state index in [9.17, 15) is 0 Å². The number of nitrogens with zero attached hydrogens (tertiary/aromatic N) is 4. The second kappa shape index (κ2) is 7.00. The molecule has 1 atom stereocenters. The number of hydrogen-bond donors (Lipinski definition) is 1. The topological polar surface area (TPSA) is 97.3 Å². The molecule has 0 spiro atoms. The average molecular weight is 293 g/mol. The van der Waals surface area contributed by atoms with Gasteiger partial charge in [0.15, 0.2) is 11.6 Å². The molecular weight excluding hydrogens is 274 g/mol. The Hall–Kier alpha value is -2.19. The lowest BCUT2D eigenvalue weighted by Crippen LogP contribution is -2.25. The molecule has 8 nitrogen and oxygen atoms in total. The van der Waals surface area contributed by atoms with Gasteiger partial charge in [-0.1, -0.05) is 6.07 Å². The van der Waals surface area contributed by atoms with Crippen LogP contribution in [0.5, 0.6) is 5.75 Å². The molecule has 0 saturated heterocycles. The SMILES string of the molecule is COCC(Cn1nnnc1-c1cccc(N)c1OC)OC. The first kappa shape index (κ1) is 15.2. The molecule has 1 aromatic heterocycles. The average Bonchev–Trinajstić information content (AvgIpc) is 2.94. The van der Waals surface area contributed by atoms with Gasteiger partial charge in [0.25, 0.3) is 0 Å². The first-order valence-corrected chi connectivity index (χ1v) is 6.42. The summed E-state index contributed by atoms with van der Waals surface area (Å²) in [4.78, 5) is 0. The molecule has 0 fully saturated rings. The molecule has 0 bridgehead atoms. The molecule has 0 aliphatic carbocycles. The van der Waals surface area contributed by atoms with Crippen LogP contribution in [-0.4, -0.2) is 54.2 Å². The van der Waals surface area contributed by atoms with Crippen LogP contribution in [0.15, 0.2) is 18.2 Å². The second-order valence-corrected chi connectivity index (χ2v) is 4.43. The van der Waals surface area contributed by atoms with Crippen molar-refractivity contribution >= 4 is 5.69 Å². The molecule has 1 heterocycles. The Balaban J connectivity index is 2.34. The molecule has 0 aliphatic rings.